The summed E-state index contributed by atoms with van der Waals surface area (Å²) >= 11 is 0. The number of aromatic amines is 1. The molecule has 0 spiro atoms. The summed E-state index contributed by atoms with van der Waals surface area (Å²) in [6.45, 7) is 0.466. The second-order valence-electron chi connectivity index (χ2n) is 5.27. The molecule has 2 aromatic rings. The zero-order valence-corrected chi connectivity index (χ0v) is 12.2. The van der Waals surface area contributed by atoms with E-state index in [0.29, 0.717) is 13.0 Å². The SMILES string of the molecule is CN1C(=O)C[C@H](C(=O)NCCc2cn[nH]n2)c2ccccc21. The summed E-state index contributed by atoms with van der Waals surface area (Å²) in [4.78, 5) is 26.1. The smallest absolute Gasteiger partial charge is 0.228 e. The molecule has 3 rings (SSSR count). The van der Waals surface area contributed by atoms with Crippen LogP contribution in [0.25, 0.3) is 0 Å². The van der Waals surface area contributed by atoms with Crippen molar-refractivity contribution in [3.8, 4) is 0 Å². The van der Waals surface area contributed by atoms with Gasteiger partial charge in [0.15, 0.2) is 0 Å². The summed E-state index contributed by atoms with van der Waals surface area (Å²) in [5.41, 5.74) is 2.49. The second-order valence-corrected chi connectivity index (χ2v) is 5.27. The molecule has 2 N–H and O–H groups in total. The van der Waals surface area contributed by atoms with Crippen LogP contribution in [0, 0.1) is 0 Å². The number of benzene rings is 1. The van der Waals surface area contributed by atoms with Crippen LogP contribution in [0.1, 0.15) is 23.6 Å². The maximum atomic E-state index is 12.4. The first-order valence-corrected chi connectivity index (χ1v) is 7.14. The van der Waals surface area contributed by atoms with E-state index in [2.05, 4.69) is 20.7 Å². The molecule has 114 valence electrons. The number of rotatable bonds is 4. The zero-order chi connectivity index (χ0) is 15.5. The number of carbonyl (C=O) groups excluding carboxylic acids is 2. The number of nitrogens with zero attached hydrogens (tertiary/aromatic N) is 3. The third kappa shape index (κ3) is 2.69. The Labute approximate surface area is 127 Å². The highest BCUT2D eigenvalue weighted by Crippen LogP contribution is 2.34. The van der Waals surface area contributed by atoms with Gasteiger partial charge in [-0.05, 0) is 11.6 Å². The Morgan fingerprint density at radius 2 is 2.27 bits per heavy atom. The number of nitrogens with one attached hydrogen (secondary N) is 2. The lowest BCUT2D eigenvalue weighted by Crippen LogP contribution is -2.39. The van der Waals surface area contributed by atoms with Crippen LogP contribution in [0.2, 0.25) is 0 Å². The van der Waals surface area contributed by atoms with Crippen molar-refractivity contribution >= 4 is 17.5 Å². The molecule has 1 atom stereocenters. The molecule has 0 saturated heterocycles. The lowest BCUT2D eigenvalue weighted by atomic mass is 9.89. The predicted molar refractivity (Wildman–Crippen MR) is 80.3 cm³/mol. The molecule has 1 aromatic heterocycles. The summed E-state index contributed by atoms with van der Waals surface area (Å²) in [5.74, 6) is -0.607. The minimum Gasteiger partial charge on any atom is -0.355 e. The Hall–Kier alpha value is -2.70. The molecular formula is C15H17N5O2. The third-order valence-corrected chi connectivity index (χ3v) is 3.89. The number of hydrogen-bond acceptors (Lipinski definition) is 4. The molecule has 2 amide bonds. The van der Waals surface area contributed by atoms with E-state index in [1.165, 1.54) is 0 Å². The summed E-state index contributed by atoms with van der Waals surface area (Å²) < 4.78 is 0. The summed E-state index contributed by atoms with van der Waals surface area (Å²) in [5, 5.41) is 13.1. The normalized spacial score (nSPS) is 17.2. The Morgan fingerprint density at radius 1 is 1.45 bits per heavy atom. The third-order valence-electron chi connectivity index (χ3n) is 3.89. The number of anilines is 1. The van der Waals surface area contributed by atoms with Crippen molar-refractivity contribution in [2.45, 2.75) is 18.8 Å². The minimum atomic E-state index is -0.433. The van der Waals surface area contributed by atoms with Crippen molar-refractivity contribution in [3.63, 3.8) is 0 Å². The van der Waals surface area contributed by atoms with Gasteiger partial charge in [0.1, 0.15) is 0 Å². The van der Waals surface area contributed by atoms with Gasteiger partial charge in [-0.3, -0.25) is 9.59 Å². The maximum absolute atomic E-state index is 12.4. The molecule has 7 heteroatoms. The number of fused-ring (bicyclic) bond motifs is 1. The molecule has 0 saturated carbocycles. The fourth-order valence-corrected chi connectivity index (χ4v) is 2.66. The van der Waals surface area contributed by atoms with Crippen LogP contribution < -0.4 is 10.2 Å². The average Bonchev–Trinajstić information content (AvgIpc) is 3.04. The van der Waals surface area contributed by atoms with E-state index in [-0.39, 0.29) is 18.2 Å². The van der Waals surface area contributed by atoms with Crippen molar-refractivity contribution < 1.29 is 9.59 Å². The second kappa shape index (κ2) is 5.97. The number of H-pyrrole nitrogens is 1. The molecule has 22 heavy (non-hydrogen) atoms. The molecule has 0 aliphatic carbocycles. The van der Waals surface area contributed by atoms with Crippen molar-refractivity contribution in [1.29, 1.82) is 0 Å². The van der Waals surface area contributed by atoms with Crippen LogP contribution in [0.4, 0.5) is 5.69 Å². The molecule has 0 fully saturated rings. The lowest BCUT2D eigenvalue weighted by Gasteiger charge is -2.30. The van der Waals surface area contributed by atoms with E-state index < -0.39 is 5.92 Å². The van der Waals surface area contributed by atoms with E-state index >= 15 is 0 Å². The van der Waals surface area contributed by atoms with Gasteiger partial charge in [0, 0.05) is 32.1 Å². The molecule has 1 aliphatic rings. The zero-order valence-electron chi connectivity index (χ0n) is 12.2. The fourth-order valence-electron chi connectivity index (χ4n) is 2.66. The summed E-state index contributed by atoms with van der Waals surface area (Å²) in [7, 11) is 1.74. The molecule has 2 heterocycles. The summed E-state index contributed by atoms with van der Waals surface area (Å²) in [6.07, 6.45) is 2.42. The fraction of sp³-hybridized carbons (Fsp3) is 0.333. The quantitative estimate of drug-likeness (QED) is 0.865. The maximum Gasteiger partial charge on any atom is 0.228 e. The van der Waals surface area contributed by atoms with Crippen LogP contribution >= 0.6 is 0 Å². The van der Waals surface area contributed by atoms with E-state index in [4.69, 9.17) is 0 Å². The van der Waals surface area contributed by atoms with Crippen molar-refractivity contribution in [1.82, 2.24) is 20.7 Å². The molecule has 7 nitrogen and oxygen atoms in total. The monoisotopic (exact) mass is 299 g/mol. The van der Waals surface area contributed by atoms with Gasteiger partial charge in [-0.15, -0.1) is 0 Å². The van der Waals surface area contributed by atoms with Crippen molar-refractivity contribution in [2.75, 3.05) is 18.5 Å². The molecule has 1 aromatic carbocycles. The molecule has 0 unspecified atom stereocenters. The molecule has 0 bridgehead atoms. The van der Waals surface area contributed by atoms with E-state index in [9.17, 15) is 9.59 Å². The summed E-state index contributed by atoms with van der Waals surface area (Å²) in [6, 6.07) is 7.52. The Balaban J connectivity index is 1.69. The first-order chi connectivity index (χ1) is 10.7. The van der Waals surface area contributed by atoms with Crippen molar-refractivity contribution in [3.05, 3.63) is 41.7 Å². The van der Waals surface area contributed by atoms with Crippen LogP contribution in [0.3, 0.4) is 0 Å². The Kier molecular flexibility index (Phi) is 3.86. The highest BCUT2D eigenvalue weighted by Gasteiger charge is 2.33. The highest BCUT2D eigenvalue weighted by molar-refractivity contribution is 6.02. The topological polar surface area (TPSA) is 91.0 Å². The number of para-hydroxylation sites is 1. The predicted octanol–water partition coefficient (Wildman–Crippen LogP) is 0.614. The largest absolute Gasteiger partial charge is 0.355 e. The van der Waals surface area contributed by atoms with E-state index in [1.807, 2.05) is 24.3 Å². The number of amides is 2. The first-order valence-electron chi connectivity index (χ1n) is 7.14. The number of hydrogen-bond donors (Lipinski definition) is 2. The minimum absolute atomic E-state index is 0.0460. The van der Waals surface area contributed by atoms with Gasteiger partial charge in [0.2, 0.25) is 11.8 Å². The Morgan fingerprint density at radius 3 is 3.05 bits per heavy atom. The van der Waals surface area contributed by atoms with Gasteiger partial charge >= 0.3 is 0 Å². The van der Waals surface area contributed by atoms with Crippen molar-refractivity contribution in [2.24, 2.45) is 0 Å². The molecule has 1 aliphatic heterocycles. The van der Waals surface area contributed by atoms with Gasteiger partial charge in [0.25, 0.3) is 0 Å². The van der Waals surface area contributed by atoms with Crippen LogP contribution in [-0.2, 0) is 16.0 Å². The van der Waals surface area contributed by atoms with Gasteiger partial charge in [-0.2, -0.15) is 15.4 Å². The van der Waals surface area contributed by atoms with Gasteiger partial charge in [-0.25, -0.2) is 0 Å². The van der Waals surface area contributed by atoms with Crippen LogP contribution in [0.5, 0.6) is 0 Å². The number of carbonyl (C=O) groups is 2. The highest BCUT2D eigenvalue weighted by atomic mass is 16.2. The van der Waals surface area contributed by atoms with Gasteiger partial charge in [0.05, 0.1) is 17.8 Å². The van der Waals surface area contributed by atoms with Crippen LogP contribution in [0.15, 0.2) is 30.5 Å². The molecular weight excluding hydrogens is 282 g/mol. The average molecular weight is 299 g/mol. The van der Waals surface area contributed by atoms with E-state index in [1.54, 1.807) is 18.1 Å². The van der Waals surface area contributed by atoms with E-state index in [0.717, 1.165) is 16.9 Å². The first kappa shape index (κ1) is 14.2. The van der Waals surface area contributed by atoms with Gasteiger partial charge < -0.3 is 10.2 Å². The molecule has 0 radical (unpaired) electrons. The van der Waals surface area contributed by atoms with Crippen LogP contribution in [-0.4, -0.2) is 40.8 Å². The lowest BCUT2D eigenvalue weighted by molar-refractivity contribution is -0.127. The Bertz CT molecular complexity index is 683. The van der Waals surface area contributed by atoms with Gasteiger partial charge in [-0.1, -0.05) is 18.2 Å². The number of aromatic nitrogens is 3. The standard InChI is InChI=1S/C15H17N5O2/c1-20-13-5-3-2-4-11(13)12(8-14(20)21)15(22)16-7-6-10-9-17-19-18-10/h2-5,9,12H,6-8H2,1H3,(H,16,22)(H,17,18,19)/t12-/m0/s1.